The number of oxazole rings is 1. The number of carbonyl (C=O) groups is 2. The first-order valence-electron chi connectivity index (χ1n) is 12.8. The average Bonchev–Trinajstić information content (AvgIpc) is 3.38. The zero-order valence-corrected chi connectivity index (χ0v) is 23.2. The molecule has 2 heterocycles. The number of alkyl halides is 3. The number of rotatable bonds is 9. The number of nitrogens with zero attached hydrogens (tertiary/aromatic N) is 3. The number of aromatic nitrogens is 1. The van der Waals surface area contributed by atoms with Crippen LogP contribution < -0.4 is 0 Å². The van der Waals surface area contributed by atoms with E-state index in [0.29, 0.717) is 40.6 Å². The molecule has 1 saturated heterocycles. The van der Waals surface area contributed by atoms with E-state index in [1.54, 1.807) is 36.1 Å². The number of hydrogen-bond acceptors (Lipinski definition) is 6. The summed E-state index contributed by atoms with van der Waals surface area (Å²) in [5.74, 6) is -0.878. The van der Waals surface area contributed by atoms with Crippen LogP contribution in [-0.2, 0) is 35.3 Å². The number of ether oxygens (including phenoxy) is 1. The maximum Gasteiger partial charge on any atom is 0.416 e. The van der Waals surface area contributed by atoms with Crippen molar-refractivity contribution < 1.29 is 31.9 Å². The summed E-state index contributed by atoms with van der Waals surface area (Å²) in [5.41, 5.74) is 0.476. The first kappa shape index (κ1) is 29.9. The Hall–Kier alpha value is -3.08. The van der Waals surface area contributed by atoms with E-state index in [2.05, 4.69) is 4.98 Å². The van der Waals surface area contributed by atoms with Crippen LogP contribution in [0.5, 0.6) is 0 Å². The number of hydrogen-bond donors (Lipinski definition) is 0. The summed E-state index contributed by atoms with van der Waals surface area (Å²) in [7, 11) is 0. The van der Waals surface area contributed by atoms with Crippen molar-refractivity contribution >= 4 is 35.1 Å². The van der Waals surface area contributed by atoms with E-state index in [0.717, 1.165) is 12.1 Å². The molecule has 1 atom stereocenters. The topological polar surface area (TPSA) is 75.9 Å². The molecule has 1 aliphatic heterocycles. The molecule has 0 saturated carbocycles. The molecule has 0 N–H and O–H groups in total. The Kier molecular flexibility index (Phi) is 9.76. The van der Waals surface area contributed by atoms with Crippen molar-refractivity contribution in [2.75, 3.05) is 19.7 Å². The molecular formula is C28H28Cl2F3N3O4. The Morgan fingerprint density at radius 3 is 2.67 bits per heavy atom. The van der Waals surface area contributed by atoms with Gasteiger partial charge in [0.15, 0.2) is 5.69 Å². The molecule has 0 radical (unpaired) electrons. The molecule has 7 nitrogen and oxygen atoms in total. The highest BCUT2D eigenvalue weighted by Crippen LogP contribution is 2.30. The molecule has 1 fully saturated rings. The lowest BCUT2D eigenvalue weighted by molar-refractivity contribution is -0.149. The largest absolute Gasteiger partial charge is 0.466 e. The maximum absolute atomic E-state index is 13.3. The Morgan fingerprint density at radius 1 is 1.15 bits per heavy atom. The van der Waals surface area contributed by atoms with Crippen molar-refractivity contribution in [3.8, 4) is 0 Å². The molecule has 2 aromatic carbocycles. The van der Waals surface area contributed by atoms with Crippen LogP contribution in [0.4, 0.5) is 13.2 Å². The Bertz CT molecular complexity index is 1350. The molecule has 0 unspecified atom stereocenters. The van der Waals surface area contributed by atoms with Gasteiger partial charge in [0, 0.05) is 36.2 Å². The van der Waals surface area contributed by atoms with Crippen molar-refractivity contribution in [2.24, 2.45) is 5.92 Å². The number of benzene rings is 2. The zero-order valence-electron chi connectivity index (χ0n) is 21.7. The summed E-state index contributed by atoms with van der Waals surface area (Å²) in [5, 5.41) is 0.864. The molecular weight excluding hydrogens is 570 g/mol. The van der Waals surface area contributed by atoms with Gasteiger partial charge >= 0.3 is 12.1 Å². The molecule has 214 valence electrons. The molecule has 0 spiro atoms. The minimum Gasteiger partial charge on any atom is -0.466 e. The molecule has 0 bridgehead atoms. The van der Waals surface area contributed by atoms with Gasteiger partial charge in [-0.25, -0.2) is 4.98 Å². The van der Waals surface area contributed by atoms with Gasteiger partial charge in [0.1, 0.15) is 6.26 Å². The standard InChI is InChI=1S/C28H28Cl2F3N3O4/c1-2-39-27(38)20-6-4-10-36(15-20)26(37)24-17-40-25(34-24)16-35(14-19-8-9-22(29)12-23(19)30)13-18-5-3-7-21(11-18)28(31,32)33/h3,5,7-9,11-12,17,20H,2,4,6,10,13-16H2,1H3/t20-/m0/s1. The van der Waals surface area contributed by atoms with E-state index in [1.165, 1.54) is 12.3 Å². The predicted octanol–water partition coefficient (Wildman–Crippen LogP) is 6.62. The molecule has 4 rings (SSSR count). The van der Waals surface area contributed by atoms with E-state index in [4.69, 9.17) is 32.4 Å². The fourth-order valence-corrected chi connectivity index (χ4v) is 5.08. The lowest BCUT2D eigenvalue weighted by Gasteiger charge is -2.30. The Morgan fingerprint density at radius 2 is 1.95 bits per heavy atom. The van der Waals surface area contributed by atoms with Crippen LogP contribution in [0.1, 0.15) is 52.8 Å². The third-order valence-corrected chi connectivity index (χ3v) is 7.11. The lowest BCUT2D eigenvalue weighted by Crippen LogP contribution is -2.43. The van der Waals surface area contributed by atoms with Crippen LogP contribution in [0.3, 0.4) is 0 Å². The molecule has 40 heavy (non-hydrogen) atoms. The number of carbonyl (C=O) groups excluding carboxylic acids is 2. The normalized spacial score (nSPS) is 15.9. The van der Waals surface area contributed by atoms with E-state index >= 15 is 0 Å². The van der Waals surface area contributed by atoms with Crippen molar-refractivity contribution in [1.82, 2.24) is 14.8 Å². The monoisotopic (exact) mass is 597 g/mol. The summed E-state index contributed by atoms with van der Waals surface area (Å²) in [6.07, 6.45) is -1.92. The Balaban J connectivity index is 1.51. The molecule has 3 aromatic rings. The second-order valence-electron chi connectivity index (χ2n) is 9.55. The predicted molar refractivity (Wildman–Crippen MR) is 143 cm³/mol. The number of piperidine rings is 1. The quantitative estimate of drug-likeness (QED) is 0.258. The van der Waals surface area contributed by atoms with Gasteiger partial charge in [-0.1, -0.05) is 47.5 Å². The van der Waals surface area contributed by atoms with Crippen molar-refractivity contribution in [2.45, 2.75) is 45.6 Å². The SMILES string of the molecule is CCOC(=O)[C@H]1CCCN(C(=O)c2coc(CN(Cc3cccc(C(F)(F)F)c3)Cc3ccc(Cl)cc3Cl)n2)C1. The van der Waals surface area contributed by atoms with Gasteiger partial charge in [-0.15, -0.1) is 0 Å². The van der Waals surface area contributed by atoms with Gasteiger partial charge in [0.2, 0.25) is 5.89 Å². The van der Waals surface area contributed by atoms with Gasteiger partial charge < -0.3 is 14.1 Å². The van der Waals surface area contributed by atoms with Gasteiger partial charge in [-0.3, -0.25) is 14.5 Å². The van der Waals surface area contributed by atoms with E-state index in [-0.39, 0.29) is 56.2 Å². The highest BCUT2D eigenvalue weighted by atomic mass is 35.5. The van der Waals surface area contributed by atoms with Crippen molar-refractivity contribution in [3.05, 3.63) is 87.0 Å². The molecule has 0 aliphatic carbocycles. The second kappa shape index (κ2) is 13.1. The zero-order chi connectivity index (χ0) is 28.9. The number of likely N-dealkylation sites (tertiary alicyclic amines) is 1. The summed E-state index contributed by atoms with van der Waals surface area (Å²) < 4.78 is 50.6. The third kappa shape index (κ3) is 7.77. The molecule has 1 aliphatic rings. The van der Waals surface area contributed by atoms with Crippen molar-refractivity contribution in [3.63, 3.8) is 0 Å². The third-order valence-electron chi connectivity index (χ3n) is 6.53. The number of esters is 1. The second-order valence-corrected chi connectivity index (χ2v) is 10.4. The van der Waals surface area contributed by atoms with E-state index in [1.807, 2.05) is 4.90 Å². The van der Waals surface area contributed by atoms with Crippen LogP contribution in [0.2, 0.25) is 10.0 Å². The van der Waals surface area contributed by atoms with Crippen LogP contribution >= 0.6 is 23.2 Å². The summed E-state index contributed by atoms with van der Waals surface area (Å²) >= 11 is 12.4. The summed E-state index contributed by atoms with van der Waals surface area (Å²) in [4.78, 5) is 33.0. The van der Waals surface area contributed by atoms with Gasteiger partial charge in [-0.05, 0) is 49.1 Å². The fraction of sp³-hybridized carbons (Fsp3) is 0.393. The molecule has 12 heteroatoms. The summed E-state index contributed by atoms with van der Waals surface area (Å²) in [6, 6.07) is 10.1. The first-order valence-corrected chi connectivity index (χ1v) is 13.5. The van der Waals surface area contributed by atoms with Crippen LogP contribution in [0.15, 0.2) is 53.1 Å². The Labute approximate surface area is 239 Å². The van der Waals surface area contributed by atoms with Crippen LogP contribution in [-0.4, -0.2) is 46.4 Å². The molecule has 1 aromatic heterocycles. The minimum absolute atomic E-state index is 0.0862. The van der Waals surface area contributed by atoms with Gasteiger partial charge in [-0.2, -0.15) is 13.2 Å². The maximum atomic E-state index is 13.3. The fourth-order valence-electron chi connectivity index (χ4n) is 4.61. The van der Waals surface area contributed by atoms with Crippen molar-refractivity contribution in [1.29, 1.82) is 0 Å². The average molecular weight is 598 g/mol. The summed E-state index contributed by atoms with van der Waals surface area (Å²) in [6.45, 7) is 3.19. The van der Waals surface area contributed by atoms with Crippen LogP contribution in [0.25, 0.3) is 0 Å². The minimum atomic E-state index is -4.47. The smallest absolute Gasteiger partial charge is 0.416 e. The number of halogens is 5. The molecule has 1 amide bonds. The first-order chi connectivity index (χ1) is 19.0. The highest BCUT2D eigenvalue weighted by Gasteiger charge is 2.32. The lowest BCUT2D eigenvalue weighted by atomic mass is 9.98. The van der Waals surface area contributed by atoms with Crippen LogP contribution in [0, 0.1) is 5.92 Å². The van der Waals surface area contributed by atoms with E-state index in [9.17, 15) is 22.8 Å². The van der Waals surface area contributed by atoms with Gasteiger partial charge in [0.05, 0.1) is 24.6 Å². The highest BCUT2D eigenvalue weighted by molar-refractivity contribution is 6.35. The number of amides is 1. The van der Waals surface area contributed by atoms with E-state index < -0.39 is 17.7 Å². The van der Waals surface area contributed by atoms with Gasteiger partial charge in [0.25, 0.3) is 5.91 Å².